The Labute approximate surface area is 199 Å². The van der Waals surface area contributed by atoms with Gasteiger partial charge in [0.1, 0.15) is 23.3 Å². The number of anilines is 1. The van der Waals surface area contributed by atoms with Gasteiger partial charge in [0, 0.05) is 17.4 Å². The number of hydrogen-bond acceptors (Lipinski definition) is 6. The van der Waals surface area contributed by atoms with E-state index in [0.29, 0.717) is 29.3 Å². The van der Waals surface area contributed by atoms with Crippen LogP contribution in [0.3, 0.4) is 0 Å². The van der Waals surface area contributed by atoms with Gasteiger partial charge in [-0.05, 0) is 62.3 Å². The number of fused-ring (bicyclic) bond motifs is 3. The number of halogens is 1. The monoisotopic (exact) mass is 476 g/mol. The first kappa shape index (κ1) is 21.4. The molecule has 178 valence electrons. The Morgan fingerprint density at radius 2 is 2.11 bits per heavy atom. The minimum Gasteiger partial charge on any atom is -0.338 e. The number of rotatable bonds is 6. The van der Waals surface area contributed by atoms with Crippen LogP contribution in [-0.4, -0.2) is 27.7 Å². The molecule has 1 aromatic heterocycles. The molecule has 2 unspecified atom stereocenters. The molecule has 2 saturated carbocycles. The molecule has 2 aromatic rings. The van der Waals surface area contributed by atoms with E-state index in [1.807, 2.05) is 4.57 Å². The van der Waals surface area contributed by atoms with Crippen LogP contribution in [0.4, 0.5) is 10.1 Å². The van der Waals surface area contributed by atoms with Crippen molar-refractivity contribution in [2.45, 2.75) is 44.2 Å². The predicted octanol–water partition coefficient (Wildman–Crippen LogP) is 0.436. The van der Waals surface area contributed by atoms with E-state index in [9.17, 15) is 18.8 Å². The summed E-state index contributed by atoms with van der Waals surface area (Å²) in [5.41, 5.74) is 9.75. The molecule has 0 radical (unpaired) electrons. The number of amides is 2. The van der Waals surface area contributed by atoms with Crippen LogP contribution in [0.5, 0.6) is 0 Å². The van der Waals surface area contributed by atoms with Crippen LogP contribution in [0.2, 0.25) is 0 Å². The van der Waals surface area contributed by atoms with Gasteiger partial charge in [0.05, 0.1) is 22.9 Å². The summed E-state index contributed by atoms with van der Waals surface area (Å²) in [7, 11) is 0. The molecule has 0 saturated heterocycles. The zero-order valence-corrected chi connectivity index (χ0v) is 18.9. The minimum absolute atomic E-state index is 0.126. The maximum absolute atomic E-state index is 13.7. The van der Waals surface area contributed by atoms with E-state index in [1.165, 1.54) is 12.1 Å². The predicted molar refractivity (Wildman–Crippen MR) is 120 cm³/mol. The molecule has 2 aliphatic carbocycles. The number of nitrogens with zero attached hydrogens (tertiary/aromatic N) is 2. The lowest BCUT2D eigenvalue weighted by Crippen LogP contribution is -2.97. The molecule has 10 nitrogen and oxygen atoms in total. The molecule has 2 atom stereocenters. The maximum Gasteiger partial charge on any atom is 0.293 e. The molecule has 2 aliphatic heterocycles. The lowest BCUT2D eigenvalue weighted by atomic mass is 10.0. The Morgan fingerprint density at radius 1 is 1.31 bits per heavy atom. The summed E-state index contributed by atoms with van der Waals surface area (Å²) in [6.45, 7) is 1.68. The highest BCUT2D eigenvalue weighted by atomic mass is 19.1. The van der Waals surface area contributed by atoms with Crippen molar-refractivity contribution in [3.63, 3.8) is 0 Å². The van der Waals surface area contributed by atoms with Gasteiger partial charge in [-0.1, -0.05) is 0 Å². The fraction of sp³-hybridized carbons (Fsp3) is 0.333. The smallest absolute Gasteiger partial charge is 0.293 e. The number of hydrogen-bond donors (Lipinski definition) is 5. The van der Waals surface area contributed by atoms with Crippen LogP contribution in [0, 0.1) is 30.0 Å². The first-order valence-corrected chi connectivity index (χ1v) is 11.5. The Balaban J connectivity index is 1.30. The zero-order valence-electron chi connectivity index (χ0n) is 18.9. The second-order valence-corrected chi connectivity index (χ2v) is 9.57. The highest BCUT2D eigenvalue weighted by Gasteiger charge is 2.53. The van der Waals surface area contributed by atoms with E-state index in [-0.39, 0.29) is 22.9 Å². The maximum atomic E-state index is 13.7. The number of carbonyl (C=O) groups is 3. The van der Waals surface area contributed by atoms with Crippen LogP contribution < -0.4 is 27.0 Å². The van der Waals surface area contributed by atoms with Crippen LogP contribution in [-0.2, 0) is 11.2 Å². The number of ketones is 1. The molecule has 11 heteroatoms. The number of nitrogens with two attached hydrogens (primary N) is 1. The number of nitrogens with one attached hydrogen (secondary N) is 4. The number of carbonyl (C=O) groups excluding carboxylic acids is 3. The van der Waals surface area contributed by atoms with Crippen molar-refractivity contribution in [1.82, 2.24) is 20.7 Å². The summed E-state index contributed by atoms with van der Waals surface area (Å²) in [5.74, 6) is -2.13. The molecule has 2 fully saturated rings. The topological polar surface area (TPSA) is 145 Å². The number of Topliss-reactive ketones (excluding diaryl/α,β-unsaturated/α-hetero) is 1. The van der Waals surface area contributed by atoms with Crippen molar-refractivity contribution in [3.05, 3.63) is 64.0 Å². The SMILES string of the molecule is Cc1c(C(=O)C(=O)NC2(C3=CN[NH2+]N3)CC2)c2n(c1C(=O)Nc1ccc(F)c(C#N)c1)C1CC1C2. The van der Waals surface area contributed by atoms with Gasteiger partial charge >= 0.3 is 0 Å². The number of aromatic nitrogens is 1. The van der Waals surface area contributed by atoms with Crippen molar-refractivity contribution in [3.8, 4) is 6.07 Å². The van der Waals surface area contributed by atoms with Gasteiger partial charge < -0.3 is 15.2 Å². The van der Waals surface area contributed by atoms with Gasteiger partial charge in [-0.15, -0.1) is 0 Å². The summed E-state index contributed by atoms with van der Waals surface area (Å²) in [6.07, 6.45) is 4.78. The second kappa shape index (κ2) is 7.41. The number of nitriles is 1. The molecule has 6 rings (SSSR count). The van der Waals surface area contributed by atoms with Crippen molar-refractivity contribution >= 4 is 23.3 Å². The van der Waals surface area contributed by atoms with Gasteiger partial charge in [-0.3, -0.25) is 14.4 Å². The third kappa shape index (κ3) is 3.29. The Hall–Kier alpha value is -4.17. The molecule has 3 heterocycles. The molecule has 0 bridgehead atoms. The third-order valence-corrected chi connectivity index (χ3v) is 7.37. The van der Waals surface area contributed by atoms with Crippen molar-refractivity contribution < 1.29 is 24.3 Å². The molecule has 6 N–H and O–H groups in total. The second-order valence-electron chi connectivity index (χ2n) is 9.57. The summed E-state index contributed by atoms with van der Waals surface area (Å²) in [4.78, 5) is 39.8. The van der Waals surface area contributed by atoms with Gasteiger partial charge in [0.15, 0.2) is 0 Å². The Morgan fingerprint density at radius 3 is 2.80 bits per heavy atom. The highest BCUT2D eigenvalue weighted by molar-refractivity contribution is 6.44. The molecule has 0 spiro atoms. The normalized spacial score (nSPS) is 22.0. The van der Waals surface area contributed by atoms with E-state index >= 15 is 0 Å². The van der Waals surface area contributed by atoms with E-state index in [1.54, 1.807) is 24.7 Å². The fourth-order valence-electron chi connectivity index (χ4n) is 5.35. The quantitative estimate of drug-likeness (QED) is 0.232. The summed E-state index contributed by atoms with van der Waals surface area (Å²) >= 11 is 0. The summed E-state index contributed by atoms with van der Waals surface area (Å²) in [6, 6.07) is 5.65. The average Bonchev–Trinajstić information content (AvgIpc) is 3.62. The lowest BCUT2D eigenvalue weighted by Gasteiger charge is -2.16. The van der Waals surface area contributed by atoms with Crippen LogP contribution in [0.15, 0.2) is 30.1 Å². The minimum atomic E-state index is -0.696. The van der Waals surface area contributed by atoms with Crippen LogP contribution in [0.1, 0.15) is 63.0 Å². The Kier molecular flexibility index (Phi) is 4.53. The number of quaternary nitrogens is 1. The number of benzene rings is 1. The summed E-state index contributed by atoms with van der Waals surface area (Å²) in [5, 5.41) is 14.7. The van der Waals surface area contributed by atoms with Crippen molar-refractivity contribution in [1.29, 1.82) is 5.26 Å². The third-order valence-electron chi connectivity index (χ3n) is 7.37. The highest BCUT2D eigenvalue weighted by Crippen LogP contribution is 2.54. The largest absolute Gasteiger partial charge is 0.338 e. The van der Waals surface area contributed by atoms with Gasteiger partial charge in [-0.2, -0.15) is 10.8 Å². The van der Waals surface area contributed by atoms with Crippen molar-refractivity contribution in [2.75, 3.05) is 5.32 Å². The zero-order chi connectivity index (χ0) is 24.5. The average molecular weight is 476 g/mol. The molecular formula is C24H23FN7O3+. The Bertz CT molecular complexity index is 1400. The van der Waals surface area contributed by atoms with E-state index in [4.69, 9.17) is 5.26 Å². The van der Waals surface area contributed by atoms with Crippen LogP contribution in [0.25, 0.3) is 0 Å². The van der Waals surface area contributed by atoms with Gasteiger partial charge in [0.25, 0.3) is 17.6 Å². The standard InChI is InChI=1S/C24H22FN7O3/c1-11-19(21(33)23(35)29-24(4-5-24)18-10-27-31-30-18)17-8-12-7-16(12)32(17)20(11)22(34)28-14-2-3-15(25)13(6-14)9-26/h2-3,6,10,12,16,27,30-31H,4-5,7-8H2,1H3,(H,28,34)(H,29,35)/p+1. The lowest BCUT2D eigenvalue weighted by molar-refractivity contribution is -0.740. The fourth-order valence-corrected chi connectivity index (χ4v) is 5.35. The van der Waals surface area contributed by atoms with E-state index in [0.717, 1.165) is 31.0 Å². The first-order chi connectivity index (χ1) is 16.8. The first-order valence-electron chi connectivity index (χ1n) is 11.5. The molecule has 4 aliphatic rings. The van der Waals surface area contributed by atoms with E-state index in [2.05, 4.69) is 21.5 Å². The van der Waals surface area contributed by atoms with Gasteiger partial charge in [0.2, 0.25) is 0 Å². The molecule has 2 amide bonds. The van der Waals surface area contributed by atoms with Crippen LogP contribution >= 0.6 is 0 Å². The molecular weight excluding hydrogens is 453 g/mol. The van der Waals surface area contributed by atoms with Crippen molar-refractivity contribution in [2.24, 2.45) is 5.92 Å². The molecule has 1 aromatic carbocycles. The molecule has 35 heavy (non-hydrogen) atoms. The summed E-state index contributed by atoms with van der Waals surface area (Å²) < 4.78 is 15.6. The van der Waals surface area contributed by atoms with E-state index < -0.39 is 29.0 Å². The van der Waals surface area contributed by atoms with Gasteiger partial charge in [-0.25, -0.2) is 15.2 Å².